The molecule has 1 saturated heterocycles. The van der Waals surface area contributed by atoms with Crippen LogP contribution in [0.3, 0.4) is 0 Å². The zero-order valence-electron chi connectivity index (χ0n) is 12.3. The van der Waals surface area contributed by atoms with Crippen molar-refractivity contribution in [2.24, 2.45) is 0 Å². The Morgan fingerprint density at radius 1 is 1.14 bits per heavy atom. The van der Waals surface area contributed by atoms with Crippen LogP contribution in [0.15, 0.2) is 53.0 Å². The smallest absolute Gasteiger partial charge is 0.0513 e. The molecule has 2 nitrogen and oxygen atoms in total. The Morgan fingerprint density at radius 3 is 2.76 bits per heavy atom. The number of nitrogens with zero attached hydrogens (tertiary/aromatic N) is 1. The van der Waals surface area contributed by atoms with Gasteiger partial charge >= 0.3 is 0 Å². The summed E-state index contributed by atoms with van der Waals surface area (Å²) >= 11 is 3.71. The standard InChI is InChI=1S/C18H21BrN2/c1-14-8-9-16(19)18(12-14)21-11-5-10-20-17(13-21)15-6-3-2-4-7-15/h2-4,6-9,12,17,20H,5,10-11,13H2,1H3. The predicted molar refractivity (Wildman–Crippen MR) is 92.9 cm³/mol. The van der Waals surface area contributed by atoms with Crippen LogP contribution in [0.4, 0.5) is 5.69 Å². The largest absolute Gasteiger partial charge is 0.369 e. The molecule has 1 N–H and O–H groups in total. The quantitative estimate of drug-likeness (QED) is 0.873. The Kier molecular flexibility index (Phi) is 4.61. The lowest BCUT2D eigenvalue weighted by Crippen LogP contribution is -2.31. The van der Waals surface area contributed by atoms with Crippen LogP contribution in [0.2, 0.25) is 0 Å². The van der Waals surface area contributed by atoms with Crippen molar-refractivity contribution in [1.29, 1.82) is 0 Å². The van der Waals surface area contributed by atoms with Gasteiger partial charge in [0.25, 0.3) is 0 Å². The highest BCUT2D eigenvalue weighted by Crippen LogP contribution is 2.30. The second kappa shape index (κ2) is 6.63. The average molecular weight is 345 g/mol. The molecule has 3 rings (SSSR count). The molecule has 21 heavy (non-hydrogen) atoms. The summed E-state index contributed by atoms with van der Waals surface area (Å²) in [7, 11) is 0. The number of benzene rings is 2. The van der Waals surface area contributed by atoms with Crippen molar-refractivity contribution in [3.05, 3.63) is 64.1 Å². The van der Waals surface area contributed by atoms with Crippen LogP contribution in [-0.2, 0) is 0 Å². The van der Waals surface area contributed by atoms with E-state index in [1.807, 2.05) is 0 Å². The Labute approximate surface area is 135 Å². The summed E-state index contributed by atoms with van der Waals surface area (Å²) in [6.07, 6.45) is 1.17. The zero-order chi connectivity index (χ0) is 14.7. The van der Waals surface area contributed by atoms with Crippen molar-refractivity contribution in [3.63, 3.8) is 0 Å². The molecule has 0 bridgehead atoms. The number of halogens is 1. The third-order valence-electron chi connectivity index (χ3n) is 4.04. The van der Waals surface area contributed by atoms with Crippen LogP contribution in [-0.4, -0.2) is 19.6 Å². The Hall–Kier alpha value is -1.32. The van der Waals surface area contributed by atoms with Gasteiger partial charge < -0.3 is 10.2 Å². The number of rotatable bonds is 2. The van der Waals surface area contributed by atoms with Crippen LogP contribution in [0.1, 0.15) is 23.6 Å². The fraction of sp³-hybridized carbons (Fsp3) is 0.333. The van der Waals surface area contributed by atoms with Crippen molar-refractivity contribution in [1.82, 2.24) is 5.32 Å². The molecule has 1 heterocycles. The summed E-state index contributed by atoms with van der Waals surface area (Å²) < 4.78 is 1.18. The zero-order valence-corrected chi connectivity index (χ0v) is 13.9. The molecule has 1 unspecified atom stereocenters. The van der Waals surface area contributed by atoms with E-state index in [4.69, 9.17) is 0 Å². The minimum absolute atomic E-state index is 0.390. The van der Waals surface area contributed by atoms with Crippen LogP contribution < -0.4 is 10.2 Å². The van der Waals surface area contributed by atoms with E-state index in [9.17, 15) is 0 Å². The number of hydrogen-bond donors (Lipinski definition) is 1. The van der Waals surface area contributed by atoms with Gasteiger partial charge in [0.15, 0.2) is 0 Å². The lowest BCUT2D eigenvalue weighted by molar-refractivity contribution is 0.570. The third kappa shape index (κ3) is 3.47. The van der Waals surface area contributed by atoms with Gasteiger partial charge in [-0.3, -0.25) is 0 Å². The highest BCUT2D eigenvalue weighted by molar-refractivity contribution is 9.10. The lowest BCUT2D eigenvalue weighted by Gasteiger charge is -2.28. The van der Waals surface area contributed by atoms with Crippen molar-refractivity contribution in [2.75, 3.05) is 24.5 Å². The Balaban J connectivity index is 1.87. The summed E-state index contributed by atoms with van der Waals surface area (Å²) in [5, 5.41) is 3.67. The Morgan fingerprint density at radius 2 is 1.95 bits per heavy atom. The molecule has 110 valence electrons. The first-order valence-electron chi connectivity index (χ1n) is 7.53. The molecule has 2 aromatic carbocycles. The summed E-state index contributed by atoms with van der Waals surface area (Å²) in [6.45, 7) is 5.32. The Bertz CT molecular complexity index is 597. The van der Waals surface area contributed by atoms with E-state index in [0.717, 1.165) is 19.6 Å². The summed E-state index contributed by atoms with van der Waals surface area (Å²) in [5.74, 6) is 0. The predicted octanol–water partition coefficient (Wildman–Crippen LogP) is 4.30. The maximum atomic E-state index is 3.71. The number of aryl methyl sites for hydroxylation is 1. The van der Waals surface area contributed by atoms with Crippen LogP contribution in [0.25, 0.3) is 0 Å². The van der Waals surface area contributed by atoms with Gasteiger partial charge in [-0.25, -0.2) is 0 Å². The van der Waals surface area contributed by atoms with Crippen molar-refractivity contribution in [3.8, 4) is 0 Å². The first-order valence-corrected chi connectivity index (χ1v) is 8.33. The summed E-state index contributed by atoms with van der Waals surface area (Å²) in [5.41, 5.74) is 3.98. The lowest BCUT2D eigenvalue weighted by atomic mass is 10.1. The molecular formula is C18H21BrN2. The first kappa shape index (κ1) is 14.6. The normalized spacial score (nSPS) is 19.3. The highest BCUT2D eigenvalue weighted by atomic mass is 79.9. The molecule has 0 aliphatic carbocycles. The second-order valence-corrected chi connectivity index (χ2v) is 6.53. The minimum atomic E-state index is 0.390. The molecule has 1 fully saturated rings. The van der Waals surface area contributed by atoms with Gasteiger partial charge in [-0.1, -0.05) is 36.4 Å². The van der Waals surface area contributed by atoms with Crippen molar-refractivity contribution >= 4 is 21.6 Å². The number of nitrogens with one attached hydrogen (secondary N) is 1. The highest BCUT2D eigenvalue weighted by Gasteiger charge is 2.20. The van der Waals surface area contributed by atoms with Crippen LogP contribution >= 0.6 is 15.9 Å². The van der Waals surface area contributed by atoms with E-state index in [1.165, 1.54) is 27.7 Å². The first-order chi connectivity index (χ1) is 10.2. The maximum Gasteiger partial charge on any atom is 0.0513 e. The topological polar surface area (TPSA) is 15.3 Å². The van der Waals surface area contributed by atoms with Gasteiger partial charge in [0.2, 0.25) is 0 Å². The minimum Gasteiger partial charge on any atom is -0.369 e. The maximum absolute atomic E-state index is 3.71. The molecular weight excluding hydrogens is 324 g/mol. The van der Waals surface area contributed by atoms with E-state index in [1.54, 1.807) is 0 Å². The monoisotopic (exact) mass is 344 g/mol. The van der Waals surface area contributed by atoms with E-state index >= 15 is 0 Å². The van der Waals surface area contributed by atoms with E-state index in [0.29, 0.717) is 6.04 Å². The summed E-state index contributed by atoms with van der Waals surface area (Å²) in [6, 6.07) is 17.7. The van der Waals surface area contributed by atoms with E-state index in [-0.39, 0.29) is 0 Å². The SMILES string of the molecule is Cc1ccc(Br)c(N2CCCNC(c3ccccc3)C2)c1. The molecule has 0 saturated carbocycles. The van der Waals surface area contributed by atoms with Gasteiger partial charge in [-0.15, -0.1) is 0 Å². The van der Waals surface area contributed by atoms with Crippen molar-refractivity contribution < 1.29 is 0 Å². The van der Waals surface area contributed by atoms with E-state index < -0.39 is 0 Å². The number of anilines is 1. The average Bonchev–Trinajstić information content (AvgIpc) is 2.76. The van der Waals surface area contributed by atoms with Gasteiger partial charge in [0.1, 0.15) is 0 Å². The van der Waals surface area contributed by atoms with Gasteiger partial charge in [0, 0.05) is 23.6 Å². The fourth-order valence-corrected chi connectivity index (χ4v) is 3.41. The molecule has 0 amide bonds. The molecule has 1 atom stereocenters. The molecule has 2 aromatic rings. The van der Waals surface area contributed by atoms with Crippen molar-refractivity contribution in [2.45, 2.75) is 19.4 Å². The summed E-state index contributed by atoms with van der Waals surface area (Å²) in [4.78, 5) is 2.49. The third-order valence-corrected chi connectivity index (χ3v) is 4.71. The molecule has 3 heteroatoms. The van der Waals surface area contributed by atoms with Crippen LogP contribution in [0, 0.1) is 6.92 Å². The van der Waals surface area contributed by atoms with Gasteiger partial charge in [-0.05, 0) is 59.1 Å². The van der Waals surface area contributed by atoms with Crippen LogP contribution in [0.5, 0.6) is 0 Å². The fourth-order valence-electron chi connectivity index (χ4n) is 2.91. The van der Waals surface area contributed by atoms with Gasteiger partial charge in [-0.2, -0.15) is 0 Å². The molecule has 1 aliphatic heterocycles. The van der Waals surface area contributed by atoms with Gasteiger partial charge in [0.05, 0.1) is 5.69 Å². The molecule has 0 radical (unpaired) electrons. The molecule has 0 aromatic heterocycles. The van der Waals surface area contributed by atoms with E-state index in [2.05, 4.69) is 81.6 Å². The molecule has 1 aliphatic rings. The second-order valence-electron chi connectivity index (χ2n) is 5.67. The number of hydrogen-bond acceptors (Lipinski definition) is 2. The molecule has 0 spiro atoms.